The van der Waals surface area contributed by atoms with Crippen molar-refractivity contribution >= 4 is 0 Å². The van der Waals surface area contributed by atoms with Gasteiger partial charge in [0.25, 0.3) is 0 Å². The average molecular weight is 284 g/mol. The molecule has 1 aliphatic heterocycles. The Kier molecular flexibility index (Phi) is 4.34. The van der Waals surface area contributed by atoms with Gasteiger partial charge in [-0.1, -0.05) is 30.7 Å². The summed E-state index contributed by atoms with van der Waals surface area (Å²) in [5, 5.41) is 12.4. The first-order chi connectivity index (χ1) is 10.3. The van der Waals surface area contributed by atoms with Crippen LogP contribution in [0.4, 0.5) is 0 Å². The van der Waals surface area contributed by atoms with E-state index in [1.54, 1.807) is 0 Å². The minimum atomic E-state index is 0.226. The first-order valence-electron chi connectivity index (χ1n) is 7.95. The summed E-state index contributed by atoms with van der Waals surface area (Å²) in [6.07, 6.45) is 4.84. The third kappa shape index (κ3) is 3.16. The molecule has 0 saturated heterocycles. The SMILES string of the molecule is Cc1ccccc1CN[C@H](C)c1nnc2n1CCCCC2. The molecule has 21 heavy (non-hydrogen) atoms. The number of hydrogen-bond donors (Lipinski definition) is 1. The van der Waals surface area contributed by atoms with Gasteiger partial charge in [-0.3, -0.25) is 0 Å². The fourth-order valence-electron chi connectivity index (χ4n) is 2.99. The topological polar surface area (TPSA) is 42.7 Å². The van der Waals surface area contributed by atoms with Crippen LogP contribution in [-0.2, 0) is 19.5 Å². The van der Waals surface area contributed by atoms with E-state index in [-0.39, 0.29) is 6.04 Å². The average Bonchev–Trinajstić information content (AvgIpc) is 2.75. The van der Waals surface area contributed by atoms with Gasteiger partial charge >= 0.3 is 0 Å². The summed E-state index contributed by atoms with van der Waals surface area (Å²) in [5.41, 5.74) is 2.68. The number of aromatic nitrogens is 3. The summed E-state index contributed by atoms with van der Waals surface area (Å²) >= 11 is 0. The molecule has 112 valence electrons. The summed E-state index contributed by atoms with van der Waals surface area (Å²) in [5.74, 6) is 2.24. The van der Waals surface area contributed by atoms with Crippen LogP contribution in [0.5, 0.6) is 0 Å². The highest BCUT2D eigenvalue weighted by Gasteiger charge is 2.18. The van der Waals surface area contributed by atoms with E-state index < -0.39 is 0 Å². The summed E-state index contributed by atoms with van der Waals surface area (Å²) in [4.78, 5) is 0. The van der Waals surface area contributed by atoms with Crippen LogP contribution in [0.25, 0.3) is 0 Å². The first kappa shape index (κ1) is 14.3. The molecule has 0 spiro atoms. The Morgan fingerprint density at radius 1 is 1.19 bits per heavy atom. The molecule has 1 aromatic heterocycles. The van der Waals surface area contributed by atoms with Gasteiger partial charge in [0.1, 0.15) is 11.6 Å². The zero-order valence-corrected chi connectivity index (χ0v) is 13.0. The molecule has 1 aromatic carbocycles. The van der Waals surface area contributed by atoms with E-state index in [4.69, 9.17) is 0 Å². The van der Waals surface area contributed by atoms with Crippen molar-refractivity contribution in [3.8, 4) is 0 Å². The monoisotopic (exact) mass is 284 g/mol. The van der Waals surface area contributed by atoms with Gasteiger partial charge in [0.2, 0.25) is 0 Å². The number of aryl methyl sites for hydroxylation is 2. The molecule has 0 radical (unpaired) electrons. The Labute approximate surface area is 126 Å². The fourth-order valence-corrected chi connectivity index (χ4v) is 2.99. The molecule has 0 fully saturated rings. The number of benzene rings is 1. The van der Waals surface area contributed by atoms with Crippen molar-refractivity contribution in [2.24, 2.45) is 0 Å². The molecule has 3 rings (SSSR count). The molecular weight excluding hydrogens is 260 g/mol. The second-order valence-corrected chi connectivity index (χ2v) is 5.97. The minimum absolute atomic E-state index is 0.226. The molecule has 1 aliphatic rings. The van der Waals surface area contributed by atoms with Crippen LogP contribution in [0.1, 0.15) is 55.0 Å². The number of hydrogen-bond acceptors (Lipinski definition) is 3. The fraction of sp³-hybridized carbons (Fsp3) is 0.529. The van der Waals surface area contributed by atoms with E-state index in [1.165, 1.54) is 30.4 Å². The van der Waals surface area contributed by atoms with Crippen LogP contribution in [-0.4, -0.2) is 14.8 Å². The van der Waals surface area contributed by atoms with Crippen molar-refractivity contribution in [2.75, 3.05) is 0 Å². The van der Waals surface area contributed by atoms with E-state index in [0.717, 1.165) is 31.2 Å². The maximum absolute atomic E-state index is 4.42. The third-order valence-corrected chi connectivity index (χ3v) is 4.39. The molecule has 2 heterocycles. The van der Waals surface area contributed by atoms with Crippen molar-refractivity contribution in [1.29, 1.82) is 0 Å². The van der Waals surface area contributed by atoms with Gasteiger partial charge in [0, 0.05) is 19.5 Å². The highest BCUT2D eigenvalue weighted by molar-refractivity contribution is 5.25. The van der Waals surface area contributed by atoms with Gasteiger partial charge in [0.05, 0.1) is 6.04 Å². The second-order valence-electron chi connectivity index (χ2n) is 5.97. The van der Waals surface area contributed by atoms with Crippen LogP contribution < -0.4 is 5.32 Å². The van der Waals surface area contributed by atoms with Crippen LogP contribution in [0.3, 0.4) is 0 Å². The molecule has 0 amide bonds. The Hall–Kier alpha value is -1.68. The molecule has 2 aromatic rings. The van der Waals surface area contributed by atoms with Crippen LogP contribution in [0, 0.1) is 6.92 Å². The van der Waals surface area contributed by atoms with Crippen molar-refractivity contribution in [2.45, 2.75) is 58.7 Å². The molecule has 4 heteroatoms. The third-order valence-electron chi connectivity index (χ3n) is 4.39. The van der Waals surface area contributed by atoms with Crippen LogP contribution in [0.2, 0.25) is 0 Å². The standard InChI is InChI=1S/C17H24N4/c1-13-8-5-6-9-15(13)12-18-14(2)17-20-19-16-10-4-3-7-11-21(16)17/h5-6,8-9,14,18H,3-4,7,10-12H2,1-2H3/t14-/m1/s1. The van der Waals surface area contributed by atoms with E-state index in [2.05, 4.69) is 58.2 Å². The summed E-state index contributed by atoms with van der Waals surface area (Å²) in [7, 11) is 0. The summed E-state index contributed by atoms with van der Waals surface area (Å²) in [6.45, 7) is 6.27. The Balaban J connectivity index is 1.70. The maximum atomic E-state index is 4.42. The molecule has 0 bridgehead atoms. The minimum Gasteiger partial charge on any atom is -0.314 e. The van der Waals surface area contributed by atoms with Gasteiger partial charge < -0.3 is 9.88 Å². The van der Waals surface area contributed by atoms with Crippen molar-refractivity contribution < 1.29 is 0 Å². The smallest absolute Gasteiger partial charge is 0.149 e. The second kappa shape index (κ2) is 6.39. The lowest BCUT2D eigenvalue weighted by Crippen LogP contribution is -2.22. The van der Waals surface area contributed by atoms with Gasteiger partial charge in [0.15, 0.2) is 0 Å². The highest BCUT2D eigenvalue weighted by atomic mass is 15.3. The van der Waals surface area contributed by atoms with E-state index in [0.29, 0.717) is 0 Å². The van der Waals surface area contributed by atoms with Crippen molar-refractivity contribution in [1.82, 2.24) is 20.1 Å². The van der Waals surface area contributed by atoms with Gasteiger partial charge in [-0.15, -0.1) is 10.2 Å². The van der Waals surface area contributed by atoms with Gasteiger partial charge in [-0.2, -0.15) is 0 Å². The first-order valence-corrected chi connectivity index (χ1v) is 7.95. The normalized spacial score (nSPS) is 16.3. The molecule has 1 N–H and O–H groups in total. The number of nitrogens with one attached hydrogen (secondary N) is 1. The molecule has 0 saturated carbocycles. The Morgan fingerprint density at radius 3 is 2.90 bits per heavy atom. The molecular formula is C17H24N4. The predicted octanol–water partition coefficient (Wildman–Crippen LogP) is 3.16. The Bertz CT molecular complexity index is 603. The molecule has 0 aliphatic carbocycles. The molecule has 4 nitrogen and oxygen atoms in total. The number of fused-ring (bicyclic) bond motifs is 1. The van der Waals surface area contributed by atoms with Gasteiger partial charge in [-0.05, 0) is 37.8 Å². The summed E-state index contributed by atoms with van der Waals surface area (Å²) < 4.78 is 2.32. The van der Waals surface area contributed by atoms with Gasteiger partial charge in [-0.25, -0.2) is 0 Å². The quantitative estimate of drug-likeness (QED) is 0.937. The van der Waals surface area contributed by atoms with Crippen molar-refractivity contribution in [3.63, 3.8) is 0 Å². The van der Waals surface area contributed by atoms with Crippen molar-refractivity contribution in [3.05, 3.63) is 47.0 Å². The van der Waals surface area contributed by atoms with Crippen LogP contribution in [0.15, 0.2) is 24.3 Å². The number of nitrogens with zero attached hydrogens (tertiary/aromatic N) is 3. The maximum Gasteiger partial charge on any atom is 0.149 e. The zero-order chi connectivity index (χ0) is 14.7. The predicted molar refractivity (Wildman–Crippen MR) is 84.0 cm³/mol. The largest absolute Gasteiger partial charge is 0.314 e. The lowest BCUT2D eigenvalue weighted by molar-refractivity contribution is 0.501. The lowest BCUT2D eigenvalue weighted by Gasteiger charge is -2.16. The van der Waals surface area contributed by atoms with E-state index in [1.807, 2.05) is 0 Å². The zero-order valence-electron chi connectivity index (χ0n) is 13.0. The van der Waals surface area contributed by atoms with E-state index in [9.17, 15) is 0 Å². The molecule has 0 unspecified atom stereocenters. The highest BCUT2D eigenvalue weighted by Crippen LogP contribution is 2.19. The Morgan fingerprint density at radius 2 is 2.05 bits per heavy atom. The lowest BCUT2D eigenvalue weighted by atomic mass is 10.1. The van der Waals surface area contributed by atoms with Crippen LogP contribution >= 0.6 is 0 Å². The summed E-state index contributed by atoms with van der Waals surface area (Å²) in [6, 6.07) is 8.74. The number of rotatable bonds is 4. The van der Waals surface area contributed by atoms with E-state index >= 15 is 0 Å². The molecule has 1 atom stereocenters.